The summed E-state index contributed by atoms with van der Waals surface area (Å²) in [6.07, 6.45) is 2.12. The van der Waals surface area contributed by atoms with E-state index in [1.54, 1.807) is 12.1 Å². The Morgan fingerprint density at radius 1 is 0.962 bits per heavy atom. The normalized spacial score (nSPS) is 19.2. The number of benzene rings is 2. The summed E-state index contributed by atoms with van der Waals surface area (Å²) in [5.74, 6) is -0.240. The highest BCUT2D eigenvalue weighted by molar-refractivity contribution is 5.83. The average molecular weight is 353 g/mol. The standard InChI is InChI=1S/C21H24FN3O/c22-17-8-6-16(7-9-17)20(21(26)23-18-10-11-18)25-14-12-24(13-15-25)19-4-2-1-3-5-19/h1-9,18,20H,10-15H2,(H,23,26). The lowest BCUT2D eigenvalue weighted by atomic mass is 10.0. The highest BCUT2D eigenvalue weighted by Gasteiger charge is 2.33. The molecule has 1 saturated carbocycles. The van der Waals surface area contributed by atoms with Gasteiger partial charge in [-0.3, -0.25) is 9.69 Å². The van der Waals surface area contributed by atoms with Crippen molar-refractivity contribution >= 4 is 11.6 Å². The van der Waals surface area contributed by atoms with E-state index in [4.69, 9.17) is 0 Å². The Bertz CT molecular complexity index is 738. The number of amides is 1. The van der Waals surface area contributed by atoms with Crippen LogP contribution in [0, 0.1) is 5.82 Å². The fraction of sp³-hybridized carbons (Fsp3) is 0.381. The maximum absolute atomic E-state index is 13.3. The minimum absolute atomic E-state index is 0.0345. The van der Waals surface area contributed by atoms with Crippen molar-refractivity contribution in [3.05, 3.63) is 66.0 Å². The molecule has 2 aliphatic rings. The Morgan fingerprint density at radius 2 is 1.62 bits per heavy atom. The van der Waals surface area contributed by atoms with E-state index < -0.39 is 0 Å². The third-order valence-electron chi connectivity index (χ3n) is 5.16. The molecule has 1 saturated heterocycles. The molecule has 1 aliphatic heterocycles. The monoisotopic (exact) mass is 353 g/mol. The molecule has 136 valence electrons. The number of halogens is 1. The molecule has 0 aromatic heterocycles. The third kappa shape index (κ3) is 3.88. The highest BCUT2D eigenvalue weighted by Crippen LogP contribution is 2.27. The number of hydrogen-bond acceptors (Lipinski definition) is 3. The molecular weight excluding hydrogens is 329 g/mol. The SMILES string of the molecule is O=C(NC1CC1)C(c1ccc(F)cc1)N1CCN(c2ccccc2)CC1. The minimum Gasteiger partial charge on any atom is -0.369 e. The number of nitrogens with one attached hydrogen (secondary N) is 1. The Hall–Kier alpha value is -2.40. The topological polar surface area (TPSA) is 35.6 Å². The Balaban J connectivity index is 1.49. The van der Waals surface area contributed by atoms with E-state index in [1.807, 2.05) is 18.2 Å². The van der Waals surface area contributed by atoms with Crippen LogP contribution in [0.5, 0.6) is 0 Å². The molecule has 4 rings (SSSR count). The predicted molar refractivity (Wildman–Crippen MR) is 101 cm³/mol. The van der Waals surface area contributed by atoms with Gasteiger partial charge in [-0.2, -0.15) is 0 Å². The van der Waals surface area contributed by atoms with Gasteiger partial charge in [0.25, 0.3) is 0 Å². The van der Waals surface area contributed by atoms with Crippen LogP contribution in [-0.4, -0.2) is 43.0 Å². The Labute approximate surface area is 153 Å². The first kappa shape index (κ1) is 17.0. The molecule has 2 aromatic carbocycles. The van der Waals surface area contributed by atoms with Gasteiger partial charge in [-0.05, 0) is 42.7 Å². The largest absolute Gasteiger partial charge is 0.369 e. The molecule has 2 aromatic rings. The molecule has 1 amide bonds. The number of nitrogens with zero attached hydrogens (tertiary/aromatic N) is 2. The summed E-state index contributed by atoms with van der Waals surface area (Å²) in [6.45, 7) is 3.35. The number of rotatable bonds is 5. The molecule has 1 atom stereocenters. The zero-order valence-electron chi connectivity index (χ0n) is 14.8. The lowest BCUT2D eigenvalue weighted by Gasteiger charge is -2.39. The van der Waals surface area contributed by atoms with Gasteiger partial charge < -0.3 is 10.2 Å². The molecule has 0 spiro atoms. The molecular formula is C21H24FN3O. The maximum Gasteiger partial charge on any atom is 0.242 e. The van der Waals surface area contributed by atoms with Gasteiger partial charge in [-0.15, -0.1) is 0 Å². The van der Waals surface area contributed by atoms with Crippen LogP contribution >= 0.6 is 0 Å². The summed E-state index contributed by atoms with van der Waals surface area (Å²) in [5, 5.41) is 3.12. The number of anilines is 1. The molecule has 5 heteroatoms. The maximum atomic E-state index is 13.3. The van der Waals surface area contributed by atoms with Crippen LogP contribution in [0.1, 0.15) is 24.4 Å². The first-order chi connectivity index (χ1) is 12.7. The van der Waals surface area contributed by atoms with E-state index in [-0.39, 0.29) is 17.8 Å². The van der Waals surface area contributed by atoms with Crippen LogP contribution in [0.4, 0.5) is 10.1 Å². The molecule has 26 heavy (non-hydrogen) atoms. The van der Waals surface area contributed by atoms with Crippen molar-refractivity contribution < 1.29 is 9.18 Å². The highest BCUT2D eigenvalue weighted by atomic mass is 19.1. The Kier molecular flexibility index (Phi) is 4.89. The van der Waals surface area contributed by atoms with Crippen LogP contribution in [0.25, 0.3) is 0 Å². The molecule has 2 fully saturated rings. The van der Waals surface area contributed by atoms with Crippen molar-refractivity contribution in [2.75, 3.05) is 31.1 Å². The minimum atomic E-state index is -0.353. The van der Waals surface area contributed by atoms with Gasteiger partial charge in [0.1, 0.15) is 11.9 Å². The second kappa shape index (κ2) is 7.46. The first-order valence-corrected chi connectivity index (χ1v) is 9.30. The van der Waals surface area contributed by atoms with E-state index in [2.05, 4.69) is 27.2 Å². The molecule has 1 aliphatic carbocycles. The average Bonchev–Trinajstić information content (AvgIpc) is 3.49. The van der Waals surface area contributed by atoms with Crippen molar-refractivity contribution in [1.82, 2.24) is 10.2 Å². The van der Waals surface area contributed by atoms with E-state index in [9.17, 15) is 9.18 Å². The fourth-order valence-electron chi connectivity index (χ4n) is 3.56. The second-order valence-corrected chi connectivity index (χ2v) is 7.10. The quantitative estimate of drug-likeness (QED) is 0.898. The molecule has 0 radical (unpaired) electrons. The number of hydrogen-bond donors (Lipinski definition) is 1. The summed E-state index contributed by atoms with van der Waals surface area (Å²) in [7, 11) is 0. The molecule has 1 heterocycles. The van der Waals surface area contributed by atoms with E-state index in [0.717, 1.165) is 44.6 Å². The number of piperazine rings is 1. The van der Waals surface area contributed by atoms with Crippen LogP contribution in [0.2, 0.25) is 0 Å². The lowest BCUT2D eigenvalue weighted by Crippen LogP contribution is -2.51. The van der Waals surface area contributed by atoms with E-state index in [1.165, 1.54) is 17.8 Å². The summed E-state index contributed by atoms with van der Waals surface area (Å²) in [6, 6.07) is 16.7. The third-order valence-corrected chi connectivity index (χ3v) is 5.16. The number of para-hydroxylation sites is 1. The second-order valence-electron chi connectivity index (χ2n) is 7.10. The van der Waals surface area contributed by atoms with Crippen LogP contribution in [0.15, 0.2) is 54.6 Å². The van der Waals surface area contributed by atoms with Crippen molar-refractivity contribution in [3.8, 4) is 0 Å². The van der Waals surface area contributed by atoms with Gasteiger partial charge in [-0.25, -0.2) is 4.39 Å². The van der Waals surface area contributed by atoms with Crippen molar-refractivity contribution in [2.45, 2.75) is 24.9 Å². The zero-order chi connectivity index (χ0) is 17.9. The number of carbonyl (C=O) groups is 1. The fourth-order valence-corrected chi connectivity index (χ4v) is 3.56. The molecule has 1 unspecified atom stereocenters. The summed E-state index contributed by atoms with van der Waals surface area (Å²) in [5.41, 5.74) is 2.07. The van der Waals surface area contributed by atoms with Gasteiger partial charge in [0.15, 0.2) is 0 Å². The van der Waals surface area contributed by atoms with Crippen LogP contribution in [-0.2, 0) is 4.79 Å². The lowest BCUT2D eigenvalue weighted by molar-refractivity contribution is -0.127. The molecule has 1 N–H and O–H groups in total. The van der Waals surface area contributed by atoms with Gasteiger partial charge >= 0.3 is 0 Å². The predicted octanol–water partition coefficient (Wildman–Crippen LogP) is 2.97. The summed E-state index contributed by atoms with van der Waals surface area (Å²) in [4.78, 5) is 17.4. The van der Waals surface area contributed by atoms with Gasteiger partial charge in [0.2, 0.25) is 5.91 Å². The van der Waals surface area contributed by atoms with Crippen LogP contribution < -0.4 is 10.2 Å². The summed E-state index contributed by atoms with van der Waals surface area (Å²) >= 11 is 0. The van der Waals surface area contributed by atoms with Gasteiger partial charge in [0.05, 0.1) is 0 Å². The van der Waals surface area contributed by atoms with E-state index in [0.29, 0.717) is 6.04 Å². The molecule has 4 nitrogen and oxygen atoms in total. The van der Waals surface area contributed by atoms with Crippen molar-refractivity contribution in [3.63, 3.8) is 0 Å². The smallest absolute Gasteiger partial charge is 0.242 e. The summed E-state index contributed by atoms with van der Waals surface area (Å²) < 4.78 is 13.3. The van der Waals surface area contributed by atoms with Gasteiger partial charge in [0, 0.05) is 37.9 Å². The van der Waals surface area contributed by atoms with Crippen LogP contribution in [0.3, 0.4) is 0 Å². The van der Waals surface area contributed by atoms with E-state index >= 15 is 0 Å². The van der Waals surface area contributed by atoms with Crippen molar-refractivity contribution in [2.24, 2.45) is 0 Å². The Morgan fingerprint density at radius 3 is 2.23 bits per heavy atom. The molecule has 0 bridgehead atoms. The first-order valence-electron chi connectivity index (χ1n) is 9.30. The van der Waals surface area contributed by atoms with Crippen molar-refractivity contribution in [1.29, 1.82) is 0 Å². The van der Waals surface area contributed by atoms with Gasteiger partial charge in [-0.1, -0.05) is 30.3 Å². The zero-order valence-corrected chi connectivity index (χ0v) is 14.8. The number of carbonyl (C=O) groups excluding carboxylic acids is 1.